The largest absolute Gasteiger partial charge is 0.481 e. The van der Waals surface area contributed by atoms with Crippen LogP contribution in [0.1, 0.15) is 51.9 Å². The Labute approximate surface area is 106 Å². The Morgan fingerprint density at radius 1 is 0.944 bits per heavy atom. The third-order valence-corrected chi connectivity index (χ3v) is 3.17. The number of hydrogen-bond donors (Lipinski definition) is 3. The minimum absolute atomic E-state index is 0.0606. The molecular weight excluding hydrogens is 240 g/mol. The van der Waals surface area contributed by atoms with Crippen LogP contribution in [0.4, 0.5) is 0 Å². The molecule has 0 aliphatic heterocycles. The molecule has 1 unspecified atom stereocenters. The molecule has 0 aliphatic carbocycles. The van der Waals surface area contributed by atoms with Crippen molar-refractivity contribution in [1.29, 1.82) is 0 Å². The zero-order valence-electron chi connectivity index (χ0n) is 10.5. The molecule has 0 aliphatic rings. The van der Waals surface area contributed by atoms with Crippen LogP contribution in [0.25, 0.3) is 0 Å². The fraction of sp³-hybridized carbons (Fsp3) is 0.750. The van der Waals surface area contributed by atoms with Crippen molar-refractivity contribution in [3.05, 3.63) is 0 Å². The fourth-order valence-corrected chi connectivity index (χ4v) is 1.93. The first-order valence-electron chi connectivity index (χ1n) is 6.01. The van der Waals surface area contributed by atoms with E-state index in [1.165, 1.54) is 0 Å². The van der Waals surface area contributed by atoms with Crippen molar-refractivity contribution in [2.24, 2.45) is 5.41 Å². The van der Waals surface area contributed by atoms with Crippen LogP contribution in [0.2, 0.25) is 0 Å². The summed E-state index contributed by atoms with van der Waals surface area (Å²) in [4.78, 5) is 32.2. The van der Waals surface area contributed by atoms with Crippen LogP contribution in [-0.2, 0) is 14.4 Å². The Bertz CT molecular complexity index is 312. The number of rotatable bonds is 10. The number of carboxylic acid groups (broad SMARTS) is 3. The molecule has 104 valence electrons. The Balaban J connectivity index is 4.29. The van der Waals surface area contributed by atoms with Crippen molar-refractivity contribution in [2.45, 2.75) is 51.9 Å². The highest BCUT2D eigenvalue weighted by atomic mass is 16.4. The summed E-state index contributed by atoms with van der Waals surface area (Å²) >= 11 is 0. The van der Waals surface area contributed by atoms with Crippen LogP contribution in [0.3, 0.4) is 0 Å². The van der Waals surface area contributed by atoms with Gasteiger partial charge in [-0.2, -0.15) is 0 Å². The van der Waals surface area contributed by atoms with Gasteiger partial charge in [0.25, 0.3) is 0 Å². The SMILES string of the molecule is CCC(CCCCCC(=O)O)(CC(=O)O)C(=O)O. The highest BCUT2D eigenvalue weighted by molar-refractivity contribution is 5.81. The van der Waals surface area contributed by atoms with E-state index in [0.717, 1.165) is 0 Å². The molecule has 0 rings (SSSR count). The normalized spacial score (nSPS) is 13.8. The first-order valence-corrected chi connectivity index (χ1v) is 6.01. The van der Waals surface area contributed by atoms with Crippen molar-refractivity contribution >= 4 is 17.9 Å². The summed E-state index contributed by atoms with van der Waals surface area (Å²) in [6, 6.07) is 0. The van der Waals surface area contributed by atoms with Gasteiger partial charge in [-0.15, -0.1) is 0 Å². The summed E-state index contributed by atoms with van der Waals surface area (Å²) < 4.78 is 0. The molecule has 1 atom stereocenters. The lowest BCUT2D eigenvalue weighted by atomic mass is 9.77. The van der Waals surface area contributed by atoms with E-state index in [0.29, 0.717) is 19.3 Å². The molecule has 0 bridgehead atoms. The van der Waals surface area contributed by atoms with Crippen molar-refractivity contribution < 1.29 is 29.7 Å². The van der Waals surface area contributed by atoms with Crippen molar-refractivity contribution in [2.75, 3.05) is 0 Å². The number of hydrogen-bond acceptors (Lipinski definition) is 3. The molecule has 0 aromatic carbocycles. The fourth-order valence-electron chi connectivity index (χ4n) is 1.93. The van der Waals surface area contributed by atoms with Gasteiger partial charge in [0.15, 0.2) is 0 Å². The van der Waals surface area contributed by atoms with Gasteiger partial charge in [-0.05, 0) is 19.3 Å². The van der Waals surface area contributed by atoms with E-state index in [1.54, 1.807) is 6.92 Å². The Morgan fingerprint density at radius 2 is 1.56 bits per heavy atom. The highest BCUT2D eigenvalue weighted by Crippen LogP contribution is 2.33. The summed E-state index contributed by atoms with van der Waals surface area (Å²) in [6.45, 7) is 1.66. The third kappa shape index (κ3) is 5.65. The van der Waals surface area contributed by atoms with Gasteiger partial charge in [0.2, 0.25) is 0 Å². The summed E-state index contributed by atoms with van der Waals surface area (Å²) in [5.74, 6) is -3.09. The predicted molar refractivity (Wildman–Crippen MR) is 63.3 cm³/mol. The molecule has 0 saturated heterocycles. The standard InChI is InChI=1S/C12H20O6/c1-2-12(11(17)18,8-10(15)16)7-5-3-4-6-9(13)14/h2-8H2,1H3,(H,13,14)(H,15,16)(H,17,18). The van der Waals surface area contributed by atoms with E-state index in [1.807, 2.05) is 0 Å². The van der Waals surface area contributed by atoms with E-state index in [9.17, 15) is 14.4 Å². The number of aliphatic carboxylic acids is 3. The zero-order valence-corrected chi connectivity index (χ0v) is 10.5. The van der Waals surface area contributed by atoms with Crippen LogP contribution in [0.5, 0.6) is 0 Å². The van der Waals surface area contributed by atoms with Crippen LogP contribution >= 0.6 is 0 Å². The minimum Gasteiger partial charge on any atom is -0.481 e. The first-order chi connectivity index (χ1) is 8.34. The topological polar surface area (TPSA) is 112 Å². The average molecular weight is 260 g/mol. The summed E-state index contributed by atoms with van der Waals surface area (Å²) in [7, 11) is 0. The Hall–Kier alpha value is -1.59. The van der Waals surface area contributed by atoms with E-state index in [-0.39, 0.29) is 19.3 Å². The maximum Gasteiger partial charge on any atom is 0.310 e. The molecule has 6 nitrogen and oxygen atoms in total. The number of carboxylic acids is 3. The maximum absolute atomic E-state index is 11.2. The Kier molecular flexibility index (Phi) is 7.00. The number of unbranched alkanes of at least 4 members (excludes halogenated alkanes) is 2. The molecule has 0 spiro atoms. The lowest BCUT2D eigenvalue weighted by Crippen LogP contribution is -2.33. The minimum atomic E-state index is -1.23. The second-order valence-electron chi connectivity index (χ2n) is 4.46. The predicted octanol–water partition coefficient (Wildman–Crippen LogP) is 1.98. The molecule has 0 heterocycles. The second kappa shape index (κ2) is 7.68. The van der Waals surface area contributed by atoms with Crippen LogP contribution in [0, 0.1) is 5.41 Å². The maximum atomic E-state index is 11.2. The average Bonchev–Trinajstić information content (AvgIpc) is 2.25. The summed E-state index contributed by atoms with van der Waals surface area (Å²) in [5.41, 5.74) is -1.23. The van der Waals surface area contributed by atoms with E-state index in [2.05, 4.69) is 0 Å². The van der Waals surface area contributed by atoms with Gasteiger partial charge < -0.3 is 15.3 Å². The van der Waals surface area contributed by atoms with Gasteiger partial charge in [0.05, 0.1) is 11.8 Å². The third-order valence-electron chi connectivity index (χ3n) is 3.17. The molecule has 0 radical (unpaired) electrons. The van der Waals surface area contributed by atoms with Gasteiger partial charge in [-0.3, -0.25) is 14.4 Å². The van der Waals surface area contributed by atoms with E-state index >= 15 is 0 Å². The zero-order chi connectivity index (χ0) is 14.2. The molecule has 0 aromatic heterocycles. The van der Waals surface area contributed by atoms with E-state index < -0.39 is 29.7 Å². The van der Waals surface area contributed by atoms with Gasteiger partial charge >= 0.3 is 17.9 Å². The van der Waals surface area contributed by atoms with Crippen LogP contribution in [-0.4, -0.2) is 33.2 Å². The molecule has 0 saturated carbocycles. The summed E-state index contributed by atoms with van der Waals surface area (Å²) in [6.07, 6.45) is 1.81. The lowest BCUT2D eigenvalue weighted by molar-refractivity contribution is -0.156. The van der Waals surface area contributed by atoms with Crippen molar-refractivity contribution in [3.8, 4) is 0 Å². The van der Waals surface area contributed by atoms with Crippen molar-refractivity contribution in [1.82, 2.24) is 0 Å². The molecule has 0 fully saturated rings. The first kappa shape index (κ1) is 16.4. The summed E-state index contributed by atoms with van der Waals surface area (Å²) in [5, 5.41) is 26.4. The molecule has 18 heavy (non-hydrogen) atoms. The Morgan fingerprint density at radius 3 is 1.94 bits per heavy atom. The molecular formula is C12H20O6. The van der Waals surface area contributed by atoms with E-state index in [4.69, 9.17) is 15.3 Å². The molecule has 0 aromatic rings. The molecule has 0 amide bonds. The van der Waals surface area contributed by atoms with Crippen LogP contribution < -0.4 is 0 Å². The quantitative estimate of drug-likeness (QED) is 0.518. The van der Waals surface area contributed by atoms with Crippen molar-refractivity contribution in [3.63, 3.8) is 0 Å². The van der Waals surface area contributed by atoms with Gasteiger partial charge in [0, 0.05) is 6.42 Å². The van der Waals surface area contributed by atoms with Gasteiger partial charge in [-0.25, -0.2) is 0 Å². The highest BCUT2D eigenvalue weighted by Gasteiger charge is 2.38. The number of carbonyl (C=O) groups is 3. The lowest BCUT2D eigenvalue weighted by Gasteiger charge is -2.26. The van der Waals surface area contributed by atoms with Gasteiger partial charge in [0.1, 0.15) is 0 Å². The molecule has 6 heteroatoms. The van der Waals surface area contributed by atoms with Crippen LogP contribution in [0.15, 0.2) is 0 Å². The monoisotopic (exact) mass is 260 g/mol. The second-order valence-corrected chi connectivity index (χ2v) is 4.46. The smallest absolute Gasteiger partial charge is 0.310 e. The van der Waals surface area contributed by atoms with Gasteiger partial charge in [-0.1, -0.05) is 19.8 Å². The molecule has 3 N–H and O–H groups in total.